The number of nitrogens with two attached hydrogens (primary N) is 1. The molecule has 5 nitrogen and oxygen atoms in total. The van der Waals surface area contributed by atoms with Gasteiger partial charge in [0, 0.05) is 30.1 Å². The molecule has 2 heterocycles. The van der Waals surface area contributed by atoms with Gasteiger partial charge in [-0.3, -0.25) is 4.79 Å². The molecule has 1 amide bonds. The molecule has 1 fully saturated rings. The van der Waals surface area contributed by atoms with E-state index in [0.29, 0.717) is 13.1 Å². The van der Waals surface area contributed by atoms with E-state index in [9.17, 15) is 13.2 Å². The predicted octanol–water partition coefficient (Wildman–Crippen LogP) is 1.54. The topological polar surface area (TPSA) is 80.5 Å². The molecule has 112 valence electrons. The Labute approximate surface area is 127 Å². The van der Waals surface area contributed by atoms with Gasteiger partial charge >= 0.3 is 0 Å². The first kappa shape index (κ1) is 14.5. The zero-order chi connectivity index (χ0) is 15.0. The molecule has 1 saturated heterocycles. The van der Waals surface area contributed by atoms with Gasteiger partial charge < -0.3 is 4.90 Å². The van der Waals surface area contributed by atoms with Crippen molar-refractivity contribution in [1.82, 2.24) is 4.90 Å². The van der Waals surface area contributed by atoms with Crippen molar-refractivity contribution in [2.45, 2.75) is 13.0 Å². The number of thiophene rings is 1. The Morgan fingerprint density at radius 1 is 1.33 bits per heavy atom. The molecule has 1 aliphatic heterocycles. The number of hydrogen-bond acceptors (Lipinski definition) is 4. The summed E-state index contributed by atoms with van der Waals surface area (Å²) in [6.07, 6.45) is 0.262. The number of carbonyl (C=O) groups excluding carboxylic acids is 1. The largest absolute Gasteiger partial charge is 0.338 e. The summed E-state index contributed by atoms with van der Waals surface area (Å²) in [6, 6.07) is 8.07. The Morgan fingerprint density at radius 2 is 2.10 bits per heavy atom. The molecule has 21 heavy (non-hydrogen) atoms. The first-order valence-electron chi connectivity index (χ1n) is 6.66. The first-order chi connectivity index (χ1) is 9.92. The highest BCUT2D eigenvalue weighted by Gasteiger charge is 2.32. The predicted molar refractivity (Wildman–Crippen MR) is 83.3 cm³/mol. The zero-order valence-electron chi connectivity index (χ0n) is 11.4. The molecular formula is C14H16N2O3S2. The SMILES string of the molecule is NS(=O)(=O)CC1CC(=O)N(Cc2csc3ccccc23)C1. The number of likely N-dealkylation sites (tertiary alicyclic amines) is 1. The van der Waals surface area contributed by atoms with Crippen LogP contribution in [-0.4, -0.2) is 31.5 Å². The van der Waals surface area contributed by atoms with Crippen molar-refractivity contribution in [3.05, 3.63) is 35.2 Å². The van der Waals surface area contributed by atoms with E-state index < -0.39 is 10.0 Å². The fraction of sp³-hybridized carbons (Fsp3) is 0.357. The fourth-order valence-electron chi connectivity index (χ4n) is 2.81. The standard InChI is InChI=1S/C14H16N2O3S2/c15-21(18,19)9-10-5-14(17)16(6-10)7-11-8-20-13-4-2-1-3-12(11)13/h1-4,8,10H,5-7,9H2,(H2,15,18,19). The van der Waals surface area contributed by atoms with E-state index >= 15 is 0 Å². The number of primary sulfonamides is 1. The molecule has 0 aliphatic carbocycles. The molecule has 3 rings (SSSR count). The Kier molecular flexibility index (Phi) is 3.73. The van der Waals surface area contributed by atoms with Gasteiger partial charge in [0.25, 0.3) is 0 Å². The summed E-state index contributed by atoms with van der Waals surface area (Å²) in [5, 5.41) is 8.28. The minimum atomic E-state index is -3.53. The summed E-state index contributed by atoms with van der Waals surface area (Å²) < 4.78 is 23.5. The number of nitrogens with zero attached hydrogens (tertiary/aromatic N) is 1. The molecule has 2 aromatic rings. The number of fused-ring (bicyclic) bond motifs is 1. The second-order valence-electron chi connectivity index (χ2n) is 5.43. The lowest BCUT2D eigenvalue weighted by atomic mass is 10.1. The lowest BCUT2D eigenvalue weighted by Crippen LogP contribution is -2.27. The summed E-state index contributed by atoms with van der Waals surface area (Å²) in [4.78, 5) is 13.8. The van der Waals surface area contributed by atoms with Crippen LogP contribution in [0.25, 0.3) is 10.1 Å². The minimum Gasteiger partial charge on any atom is -0.338 e. The minimum absolute atomic E-state index is 0.000990. The maximum atomic E-state index is 12.0. The molecule has 0 bridgehead atoms. The van der Waals surface area contributed by atoms with Gasteiger partial charge in [-0.05, 0) is 22.4 Å². The van der Waals surface area contributed by atoms with Gasteiger partial charge in [0.15, 0.2) is 0 Å². The number of benzene rings is 1. The van der Waals surface area contributed by atoms with Crippen LogP contribution in [0.2, 0.25) is 0 Å². The van der Waals surface area contributed by atoms with Gasteiger partial charge in [-0.15, -0.1) is 11.3 Å². The highest BCUT2D eigenvalue weighted by Crippen LogP contribution is 2.29. The zero-order valence-corrected chi connectivity index (χ0v) is 13.0. The Bertz CT molecular complexity index is 782. The van der Waals surface area contributed by atoms with Crippen LogP contribution in [0, 0.1) is 5.92 Å². The second kappa shape index (κ2) is 5.40. The molecule has 0 radical (unpaired) electrons. The highest BCUT2D eigenvalue weighted by atomic mass is 32.2. The average molecular weight is 324 g/mol. The van der Waals surface area contributed by atoms with Gasteiger partial charge in [-0.2, -0.15) is 0 Å². The summed E-state index contributed by atoms with van der Waals surface area (Å²) in [6.45, 7) is 0.989. The second-order valence-corrected chi connectivity index (χ2v) is 8.00. The quantitative estimate of drug-likeness (QED) is 0.926. The lowest BCUT2D eigenvalue weighted by molar-refractivity contribution is -0.128. The highest BCUT2D eigenvalue weighted by molar-refractivity contribution is 7.89. The maximum Gasteiger partial charge on any atom is 0.223 e. The monoisotopic (exact) mass is 324 g/mol. The molecule has 7 heteroatoms. The van der Waals surface area contributed by atoms with Crippen molar-refractivity contribution < 1.29 is 13.2 Å². The van der Waals surface area contributed by atoms with Crippen molar-refractivity contribution in [2.24, 2.45) is 11.1 Å². The van der Waals surface area contributed by atoms with Crippen molar-refractivity contribution in [3.8, 4) is 0 Å². The number of sulfonamides is 1. The van der Waals surface area contributed by atoms with Crippen LogP contribution in [0.3, 0.4) is 0 Å². The fourth-order valence-corrected chi connectivity index (χ4v) is 4.64. The van der Waals surface area contributed by atoms with Crippen molar-refractivity contribution in [1.29, 1.82) is 0 Å². The molecule has 1 unspecified atom stereocenters. The lowest BCUT2D eigenvalue weighted by Gasteiger charge is -2.16. The van der Waals surface area contributed by atoms with Crippen molar-refractivity contribution >= 4 is 37.4 Å². The van der Waals surface area contributed by atoms with Crippen LogP contribution in [0.5, 0.6) is 0 Å². The third kappa shape index (κ3) is 3.25. The molecule has 1 aliphatic rings. The van der Waals surface area contributed by atoms with Crippen LogP contribution in [0.1, 0.15) is 12.0 Å². The van der Waals surface area contributed by atoms with E-state index in [1.165, 1.54) is 4.70 Å². The Morgan fingerprint density at radius 3 is 2.86 bits per heavy atom. The Hall–Kier alpha value is -1.44. The summed E-state index contributed by atoms with van der Waals surface area (Å²) >= 11 is 1.66. The van der Waals surface area contributed by atoms with Crippen LogP contribution in [0.15, 0.2) is 29.6 Å². The van der Waals surface area contributed by atoms with E-state index in [4.69, 9.17) is 5.14 Å². The molecule has 1 aromatic carbocycles. The van der Waals surface area contributed by atoms with E-state index in [-0.39, 0.29) is 24.0 Å². The van der Waals surface area contributed by atoms with Crippen molar-refractivity contribution in [3.63, 3.8) is 0 Å². The number of amides is 1. The smallest absolute Gasteiger partial charge is 0.223 e. The molecule has 0 spiro atoms. The number of rotatable bonds is 4. The van der Waals surface area contributed by atoms with Gasteiger partial charge in [0.1, 0.15) is 0 Å². The normalized spacial score (nSPS) is 19.6. The third-order valence-electron chi connectivity index (χ3n) is 3.68. The van der Waals surface area contributed by atoms with Gasteiger partial charge in [0.05, 0.1) is 5.75 Å². The van der Waals surface area contributed by atoms with Crippen molar-refractivity contribution in [2.75, 3.05) is 12.3 Å². The van der Waals surface area contributed by atoms with Crippen LogP contribution >= 0.6 is 11.3 Å². The van der Waals surface area contributed by atoms with E-state index in [2.05, 4.69) is 11.4 Å². The molecule has 1 atom stereocenters. The molecule has 1 aromatic heterocycles. The van der Waals surface area contributed by atoms with Gasteiger partial charge in [0.2, 0.25) is 15.9 Å². The first-order valence-corrected chi connectivity index (χ1v) is 9.25. The van der Waals surface area contributed by atoms with Gasteiger partial charge in [-0.25, -0.2) is 13.6 Å². The molecule has 2 N–H and O–H groups in total. The molecular weight excluding hydrogens is 308 g/mol. The summed E-state index contributed by atoms with van der Waals surface area (Å²) in [7, 11) is -3.53. The summed E-state index contributed by atoms with van der Waals surface area (Å²) in [5.74, 6) is -0.323. The summed E-state index contributed by atoms with van der Waals surface area (Å²) in [5.41, 5.74) is 1.11. The number of carbonyl (C=O) groups is 1. The van der Waals surface area contributed by atoms with Crippen LogP contribution in [-0.2, 0) is 21.4 Å². The Balaban J connectivity index is 1.75. The van der Waals surface area contributed by atoms with Crippen LogP contribution in [0.4, 0.5) is 0 Å². The molecule has 0 saturated carbocycles. The van der Waals surface area contributed by atoms with E-state index in [1.54, 1.807) is 16.2 Å². The van der Waals surface area contributed by atoms with Gasteiger partial charge in [-0.1, -0.05) is 18.2 Å². The third-order valence-corrected chi connectivity index (χ3v) is 5.63. The van der Waals surface area contributed by atoms with E-state index in [0.717, 1.165) is 10.9 Å². The maximum absolute atomic E-state index is 12.0. The van der Waals surface area contributed by atoms with E-state index in [1.807, 2.05) is 18.2 Å². The van der Waals surface area contributed by atoms with Crippen LogP contribution < -0.4 is 5.14 Å². The number of hydrogen-bond donors (Lipinski definition) is 1. The average Bonchev–Trinajstić information content (AvgIpc) is 2.93.